The van der Waals surface area contributed by atoms with Crippen LogP contribution in [0, 0.1) is 0 Å². The van der Waals surface area contributed by atoms with Gasteiger partial charge in [-0.15, -0.1) is 0 Å². The molecule has 0 fully saturated rings. The number of aryl methyl sites for hydroxylation is 1. The number of hydrogen-bond acceptors (Lipinski definition) is 2. The van der Waals surface area contributed by atoms with Crippen LogP contribution in [-0.2, 0) is 16.4 Å². The Morgan fingerprint density at radius 2 is 1.71 bits per heavy atom. The van der Waals surface area contributed by atoms with Crippen molar-refractivity contribution in [3.05, 3.63) is 76.8 Å². The van der Waals surface area contributed by atoms with Gasteiger partial charge in [0.05, 0.1) is 4.90 Å². The molecule has 0 bridgehead atoms. The van der Waals surface area contributed by atoms with Gasteiger partial charge in [-0.1, -0.05) is 61.8 Å². The zero-order valence-corrected chi connectivity index (χ0v) is 17.9. The SMILES string of the molecule is CC(C)c1ccc2c[14cH]c(CCCCNS(=O)(=O)c3ccc(Cl)cc3)c-2cc1. The topological polar surface area (TPSA) is 46.2 Å². The molecule has 2 aliphatic rings. The highest BCUT2D eigenvalue weighted by Crippen LogP contribution is 2.29. The highest BCUT2D eigenvalue weighted by atomic mass is 35.5. The van der Waals surface area contributed by atoms with Gasteiger partial charge in [-0.05, 0) is 71.7 Å². The quantitative estimate of drug-likeness (QED) is 0.466. The summed E-state index contributed by atoms with van der Waals surface area (Å²) in [6, 6.07) is 19.4. The van der Waals surface area contributed by atoms with Crippen LogP contribution in [0.3, 0.4) is 0 Å². The van der Waals surface area contributed by atoms with E-state index in [1.807, 2.05) is 0 Å². The minimum Gasteiger partial charge on any atom is -0.211 e. The highest BCUT2D eigenvalue weighted by molar-refractivity contribution is 7.89. The molecule has 0 atom stereocenters. The number of rotatable bonds is 8. The summed E-state index contributed by atoms with van der Waals surface area (Å²) in [6.07, 6.45) is 2.65. The van der Waals surface area contributed by atoms with Crippen LogP contribution in [0.4, 0.5) is 0 Å². The molecule has 2 aliphatic carbocycles. The average Bonchev–Trinajstić information content (AvgIpc) is 2.90. The van der Waals surface area contributed by atoms with Gasteiger partial charge < -0.3 is 0 Å². The van der Waals surface area contributed by atoms with Gasteiger partial charge in [0.15, 0.2) is 0 Å². The number of nitrogens with one attached hydrogen (secondary N) is 1. The normalized spacial score (nSPS) is 12.0. The predicted octanol–water partition coefficient (Wildman–Crippen LogP) is 5.87. The monoisotopic (exact) mass is 417 g/mol. The van der Waals surface area contributed by atoms with Gasteiger partial charge in [-0.25, -0.2) is 13.1 Å². The summed E-state index contributed by atoms with van der Waals surface area (Å²) in [5.41, 5.74) is 5.19. The standard InChI is InChI=1S/C23H26ClNO2S/c1-17(2)18-6-7-20-9-8-19(23(20)15-10-18)5-3-4-16-25-28(26,27)22-13-11-21(24)12-14-22/h6-15,17,25H,3-5,16H2,1-2H3/i8+2. The summed E-state index contributed by atoms with van der Waals surface area (Å²) in [5, 5.41) is 0.523. The Balaban J connectivity index is 1.54. The van der Waals surface area contributed by atoms with E-state index in [4.69, 9.17) is 11.6 Å². The van der Waals surface area contributed by atoms with Crippen LogP contribution in [0.5, 0.6) is 0 Å². The van der Waals surface area contributed by atoms with Crippen molar-refractivity contribution in [1.29, 1.82) is 0 Å². The summed E-state index contributed by atoms with van der Waals surface area (Å²) in [5.74, 6) is 0.508. The molecule has 0 aliphatic heterocycles. The second-order valence-electron chi connectivity index (χ2n) is 7.36. The molecule has 3 rings (SSSR count). The van der Waals surface area contributed by atoms with E-state index >= 15 is 0 Å². The summed E-state index contributed by atoms with van der Waals surface area (Å²) in [7, 11) is -3.48. The number of halogens is 1. The molecule has 3 nitrogen and oxygen atoms in total. The lowest BCUT2D eigenvalue weighted by Crippen LogP contribution is -2.24. The van der Waals surface area contributed by atoms with Crippen molar-refractivity contribution >= 4 is 21.6 Å². The van der Waals surface area contributed by atoms with Crippen molar-refractivity contribution in [2.75, 3.05) is 6.54 Å². The van der Waals surface area contributed by atoms with E-state index in [1.54, 1.807) is 12.1 Å². The van der Waals surface area contributed by atoms with Gasteiger partial charge in [0.1, 0.15) is 0 Å². The average molecular weight is 418 g/mol. The zero-order valence-electron chi connectivity index (χ0n) is 16.3. The van der Waals surface area contributed by atoms with E-state index in [1.165, 1.54) is 34.4 Å². The van der Waals surface area contributed by atoms with E-state index in [0.717, 1.165) is 19.3 Å². The van der Waals surface area contributed by atoms with Crippen molar-refractivity contribution < 1.29 is 8.42 Å². The molecule has 5 heteroatoms. The molecule has 1 aromatic rings. The largest absolute Gasteiger partial charge is 0.240 e. The molecule has 148 valence electrons. The van der Waals surface area contributed by atoms with Crippen LogP contribution >= 0.6 is 11.6 Å². The van der Waals surface area contributed by atoms with Crippen LogP contribution in [0.2, 0.25) is 5.02 Å². The summed E-state index contributed by atoms with van der Waals surface area (Å²) < 4.78 is 27.2. The maximum Gasteiger partial charge on any atom is 0.240 e. The lowest BCUT2D eigenvalue weighted by atomic mass is 10.1. The number of benzene rings is 1. The molecule has 1 aromatic carbocycles. The van der Waals surface area contributed by atoms with E-state index in [2.05, 4.69) is 55.0 Å². The first kappa shape index (κ1) is 20.8. The first-order chi connectivity index (χ1) is 13.4. The molecule has 0 heterocycles. The number of sulfonamides is 1. The van der Waals surface area contributed by atoms with E-state index < -0.39 is 10.0 Å². The Labute approximate surface area is 173 Å². The van der Waals surface area contributed by atoms with Gasteiger partial charge >= 0.3 is 0 Å². The Morgan fingerprint density at radius 1 is 1.00 bits per heavy atom. The molecule has 0 saturated heterocycles. The lowest BCUT2D eigenvalue weighted by molar-refractivity contribution is 0.577. The molecule has 0 radical (unpaired) electrons. The summed E-state index contributed by atoms with van der Waals surface area (Å²) in [4.78, 5) is 0.243. The fourth-order valence-electron chi connectivity index (χ4n) is 3.27. The van der Waals surface area contributed by atoms with Gasteiger partial charge in [0, 0.05) is 11.6 Å². The molecule has 0 spiro atoms. The molecular weight excluding hydrogens is 392 g/mol. The van der Waals surface area contributed by atoms with Crippen molar-refractivity contribution in [3.63, 3.8) is 0 Å². The molecule has 0 saturated carbocycles. The molecule has 0 unspecified atom stereocenters. The fourth-order valence-corrected chi connectivity index (χ4v) is 4.47. The van der Waals surface area contributed by atoms with E-state index in [-0.39, 0.29) is 4.90 Å². The van der Waals surface area contributed by atoms with Gasteiger partial charge in [0.2, 0.25) is 10.0 Å². The number of fused-ring (bicyclic) bond motifs is 1. The maximum absolute atomic E-state index is 12.3. The van der Waals surface area contributed by atoms with Gasteiger partial charge in [-0.2, -0.15) is 0 Å². The van der Waals surface area contributed by atoms with Crippen LogP contribution in [-0.4, -0.2) is 15.0 Å². The minimum atomic E-state index is -3.48. The molecule has 28 heavy (non-hydrogen) atoms. The first-order valence-corrected chi connectivity index (χ1v) is 11.5. The Kier molecular flexibility index (Phi) is 6.76. The Bertz CT molecular complexity index is 997. The van der Waals surface area contributed by atoms with Gasteiger partial charge in [-0.3, -0.25) is 0 Å². The number of hydrogen-bond donors (Lipinski definition) is 1. The van der Waals surface area contributed by atoms with Crippen LogP contribution in [0.15, 0.2) is 65.6 Å². The second-order valence-corrected chi connectivity index (χ2v) is 9.56. The Morgan fingerprint density at radius 3 is 2.43 bits per heavy atom. The summed E-state index contributed by atoms with van der Waals surface area (Å²) in [6.45, 7) is 4.83. The minimum absolute atomic E-state index is 0.243. The van der Waals surface area contributed by atoms with Gasteiger partial charge in [0.25, 0.3) is 0 Å². The van der Waals surface area contributed by atoms with Crippen molar-refractivity contribution in [1.82, 2.24) is 4.72 Å². The summed E-state index contributed by atoms with van der Waals surface area (Å²) >= 11 is 5.81. The fraction of sp³-hybridized carbons (Fsp3) is 0.304. The lowest BCUT2D eigenvalue weighted by Gasteiger charge is -2.07. The molecule has 0 amide bonds. The Hall–Kier alpha value is -1.88. The van der Waals surface area contributed by atoms with E-state index in [9.17, 15) is 8.42 Å². The molecule has 1 N–H and O–H groups in total. The van der Waals surface area contributed by atoms with Crippen LogP contribution in [0.25, 0.3) is 11.1 Å². The maximum atomic E-state index is 12.3. The third-order valence-corrected chi connectivity index (χ3v) is 6.70. The van der Waals surface area contributed by atoms with Crippen molar-refractivity contribution in [3.8, 4) is 11.1 Å². The smallest absolute Gasteiger partial charge is 0.211 e. The van der Waals surface area contributed by atoms with Crippen molar-refractivity contribution in [2.24, 2.45) is 0 Å². The van der Waals surface area contributed by atoms with Crippen LogP contribution in [0.1, 0.15) is 43.7 Å². The third kappa shape index (κ3) is 5.13. The van der Waals surface area contributed by atoms with Crippen molar-refractivity contribution in [2.45, 2.75) is 43.9 Å². The van der Waals surface area contributed by atoms with E-state index in [0.29, 0.717) is 17.5 Å². The highest BCUT2D eigenvalue weighted by Gasteiger charge is 2.13. The first-order valence-electron chi connectivity index (χ1n) is 9.63. The molecular formula is C23H26ClNO2S. The number of unbranched alkanes of at least 4 members (excludes halogenated alkanes) is 1. The third-order valence-electron chi connectivity index (χ3n) is 4.97. The van der Waals surface area contributed by atoms with Crippen LogP contribution < -0.4 is 4.72 Å². The second kappa shape index (κ2) is 9.08. The molecule has 0 aromatic heterocycles. The predicted molar refractivity (Wildman–Crippen MR) is 117 cm³/mol. The zero-order chi connectivity index (χ0) is 20.1.